The summed E-state index contributed by atoms with van der Waals surface area (Å²) in [4.78, 5) is 13.9. The summed E-state index contributed by atoms with van der Waals surface area (Å²) in [6.45, 7) is 8.35. The van der Waals surface area contributed by atoms with E-state index in [0.717, 1.165) is 32.7 Å². The van der Waals surface area contributed by atoms with Crippen molar-refractivity contribution in [2.24, 2.45) is 0 Å². The van der Waals surface area contributed by atoms with Crippen molar-refractivity contribution in [2.75, 3.05) is 39.9 Å². The third-order valence-electron chi connectivity index (χ3n) is 3.32. The zero-order chi connectivity index (χ0) is 13.4. The van der Waals surface area contributed by atoms with Crippen LogP contribution < -0.4 is 10.6 Å². The fourth-order valence-electron chi connectivity index (χ4n) is 1.86. The highest BCUT2D eigenvalue weighted by molar-refractivity contribution is 5.76. The molecule has 0 aromatic carbocycles. The van der Waals surface area contributed by atoms with Gasteiger partial charge in [-0.1, -0.05) is 0 Å². The molecule has 1 amide bonds. The smallest absolute Gasteiger partial charge is 0.221 e. The topological polar surface area (TPSA) is 53.6 Å². The number of ether oxygens (including phenoxy) is 1. The number of morpholine rings is 1. The monoisotopic (exact) mass is 257 g/mol. The molecule has 1 aliphatic heterocycles. The van der Waals surface area contributed by atoms with E-state index < -0.39 is 0 Å². The lowest BCUT2D eigenvalue weighted by molar-refractivity contribution is -0.122. The summed E-state index contributed by atoms with van der Waals surface area (Å²) < 4.78 is 5.32. The van der Waals surface area contributed by atoms with Gasteiger partial charge < -0.3 is 20.3 Å². The van der Waals surface area contributed by atoms with Gasteiger partial charge in [0.15, 0.2) is 0 Å². The maximum Gasteiger partial charge on any atom is 0.221 e. The SMILES string of the molecule is CC(C)N(C)CCCNC(=O)CC1COCCN1. The molecule has 1 fully saturated rings. The van der Waals surface area contributed by atoms with Gasteiger partial charge in [0.05, 0.1) is 13.2 Å². The molecule has 0 bridgehead atoms. The van der Waals surface area contributed by atoms with Crippen LogP contribution in [0.15, 0.2) is 0 Å². The minimum atomic E-state index is 0.116. The number of carbonyl (C=O) groups excluding carboxylic acids is 1. The standard InChI is InChI=1S/C13H27N3O2/c1-11(2)16(3)7-4-5-15-13(17)9-12-10-18-8-6-14-12/h11-12,14H,4-10H2,1-3H3,(H,15,17). The van der Waals surface area contributed by atoms with Crippen molar-refractivity contribution < 1.29 is 9.53 Å². The minimum absolute atomic E-state index is 0.116. The van der Waals surface area contributed by atoms with Gasteiger partial charge in [-0.3, -0.25) is 4.79 Å². The van der Waals surface area contributed by atoms with Crippen molar-refractivity contribution >= 4 is 5.91 Å². The molecule has 0 radical (unpaired) electrons. The molecule has 0 saturated carbocycles. The Bertz CT molecular complexity index is 240. The molecular weight excluding hydrogens is 230 g/mol. The van der Waals surface area contributed by atoms with E-state index in [4.69, 9.17) is 4.74 Å². The number of nitrogens with one attached hydrogen (secondary N) is 2. The first-order valence-corrected chi connectivity index (χ1v) is 6.87. The van der Waals surface area contributed by atoms with Crippen LogP contribution in [0.5, 0.6) is 0 Å². The lowest BCUT2D eigenvalue weighted by atomic mass is 10.2. The molecule has 5 nitrogen and oxygen atoms in total. The van der Waals surface area contributed by atoms with Gasteiger partial charge >= 0.3 is 0 Å². The number of nitrogens with zero attached hydrogens (tertiary/aromatic N) is 1. The highest BCUT2D eigenvalue weighted by atomic mass is 16.5. The predicted octanol–water partition coefficient (Wildman–Crippen LogP) is 0.211. The Kier molecular flexibility index (Phi) is 7.23. The van der Waals surface area contributed by atoms with E-state index in [-0.39, 0.29) is 11.9 Å². The van der Waals surface area contributed by atoms with E-state index in [1.807, 2.05) is 0 Å². The Balaban J connectivity index is 2.02. The Hall–Kier alpha value is -0.650. The first kappa shape index (κ1) is 15.4. The predicted molar refractivity (Wildman–Crippen MR) is 72.6 cm³/mol. The molecule has 106 valence electrons. The van der Waals surface area contributed by atoms with Gasteiger partial charge in [-0.05, 0) is 33.9 Å². The second kappa shape index (κ2) is 8.45. The lowest BCUT2D eigenvalue weighted by Crippen LogP contribution is -2.44. The van der Waals surface area contributed by atoms with E-state index in [1.54, 1.807) is 0 Å². The summed E-state index contributed by atoms with van der Waals surface area (Å²) in [5.74, 6) is 0.116. The molecule has 0 aromatic heterocycles. The maximum atomic E-state index is 11.7. The number of rotatable bonds is 7. The molecule has 1 aliphatic rings. The summed E-state index contributed by atoms with van der Waals surface area (Å²) in [6.07, 6.45) is 1.51. The Morgan fingerprint density at radius 2 is 2.33 bits per heavy atom. The van der Waals surface area contributed by atoms with Crippen LogP contribution in [0.3, 0.4) is 0 Å². The van der Waals surface area contributed by atoms with Crippen molar-refractivity contribution in [3.8, 4) is 0 Å². The minimum Gasteiger partial charge on any atom is -0.378 e. The van der Waals surface area contributed by atoms with Crippen molar-refractivity contribution in [3.05, 3.63) is 0 Å². The molecule has 0 aliphatic carbocycles. The Labute approximate surface area is 110 Å². The van der Waals surface area contributed by atoms with E-state index in [0.29, 0.717) is 19.1 Å². The number of hydrogen-bond acceptors (Lipinski definition) is 4. The fraction of sp³-hybridized carbons (Fsp3) is 0.923. The molecule has 1 saturated heterocycles. The van der Waals surface area contributed by atoms with Crippen LogP contribution in [-0.4, -0.2) is 62.8 Å². The summed E-state index contributed by atoms with van der Waals surface area (Å²) in [6, 6.07) is 0.737. The molecule has 5 heteroatoms. The van der Waals surface area contributed by atoms with Crippen LogP contribution in [0.4, 0.5) is 0 Å². The van der Waals surface area contributed by atoms with Crippen molar-refractivity contribution in [3.63, 3.8) is 0 Å². The largest absolute Gasteiger partial charge is 0.378 e. The maximum absolute atomic E-state index is 11.7. The second-order valence-corrected chi connectivity index (χ2v) is 5.21. The molecule has 0 aromatic rings. The average Bonchev–Trinajstić information content (AvgIpc) is 2.35. The van der Waals surface area contributed by atoms with Crippen LogP contribution in [0.1, 0.15) is 26.7 Å². The highest BCUT2D eigenvalue weighted by Gasteiger charge is 2.16. The van der Waals surface area contributed by atoms with Gasteiger partial charge in [0.1, 0.15) is 0 Å². The number of amides is 1. The van der Waals surface area contributed by atoms with E-state index in [2.05, 4.69) is 36.4 Å². The lowest BCUT2D eigenvalue weighted by Gasteiger charge is -2.23. The Morgan fingerprint density at radius 3 is 2.94 bits per heavy atom. The molecule has 2 N–H and O–H groups in total. The normalized spacial score (nSPS) is 20.4. The third kappa shape index (κ3) is 6.33. The van der Waals surface area contributed by atoms with Gasteiger partial charge in [0, 0.05) is 31.6 Å². The van der Waals surface area contributed by atoms with Crippen LogP contribution >= 0.6 is 0 Å². The van der Waals surface area contributed by atoms with E-state index >= 15 is 0 Å². The zero-order valence-electron chi connectivity index (χ0n) is 11.9. The summed E-state index contributed by atoms with van der Waals surface area (Å²) in [7, 11) is 2.11. The van der Waals surface area contributed by atoms with Gasteiger partial charge in [0.25, 0.3) is 0 Å². The van der Waals surface area contributed by atoms with Crippen molar-refractivity contribution in [1.29, 1.82) is 0 Å². The first-order valence-electron chi connectivity index (χ1n) is 6.87. The van der Waals surface area contributed by atoms with Gasteiger partial charge in [-0.2, -0.15) is 0 Å². The number of hydrogen-bond donors (Lipinski definition) is 2. The van der Waals surface area contributed by atoms with Crippen LogP contribution in [0, 0.1) is 0 Å². The molecular formula is C13H27N3O2. The van der Waals surface area contributed by atoms with Gasteiger partial charge in [0.2, 0.25) is 5.91 Å². The third-order valence-corrected chi connectivity index (χ3v) is 3.32. The van der Waals surface area contributed by atoms with Crippen LogP contribution in [-0.2, 0) is 9.53 Å². The number of carbonyl (C=O) groups is 1. The average molecular weight is 257 g/mol. The summed E-state index contributed by atoms with van der Waals surface area (Å²) in [5, 5.41) is 6.24. The quantitative estimate of drug-likeness (QED) is 0.640. The van der Waals surface area contributed by atoms with Gasteiger partial charge in [-0.25, -0.2) is 0 Å². The highest BCUT2D eigenvalue weighted by Crippen LogP contribution is 1.98. The molecule has 1 atom stereocenters. The Morgan fingerprint density at radius 1 is 1.56 bits per heavy atom. The summed E-state index contributed by atoms with van der Waals surface area (Å²) in [5.41, 5.74) is 0. The van der Waals surface area contributed by atoms with Crippen molar-refractivity contribution in [1.82, 2.24) is 15.5 Å². The van der Waals surface area contributed by atoms with Gasteiger partial charge in [-0.15, -0.1) is 0 Å². The van der Waals surface area contributed by atoms with Crippen molar-refractivity contribution in [2.45, 2.75) is 38.8 Å². The molecule has 0 spiro atoms. The fourth-order valence-corrected chi connectivity index (χ4v) is 1.86. The van der Waals surface area contributed by atoms with E-state index in [1.165, 1.54) is 0 Å². The second-order valence-electron chi connectivity index (χ2n) is 5.21. The van der Waals surface area contributed by atoms with E-state index in [9.17, 15) is 4.79 Å². The molecule has 18 heavy (non-hydrogen) atoms. The van der Waals surface area contributed by atoms with Crippen LogP contribution in [0.2, 0.25) is 0 Å². The molecule has 1 rings (SSSR count). The first-order chi connectivity index (χ1) is 8.59. The molecule has 1 unspecified atom stereocenters. The molecule has 1 heterocycles. The zero-order valence-corrected chi connectivity index (χ0v) is 11.9. The van der Waals surface area contributed by atoms with Crippen LogP contribution in [0.25, 0.3) is 0 Å². The summed E-state index contributed by atoms with van der Waals surface area (Å²) >= 11 is 0.